The summed E-state index contributed by atoms with van der Waals surface area (Å²) in [6, 6.07) is 10.3. The van der Waals surface area contributed by atoms with Crippen LogP contribution in [0.1, 0.15) is 10.5 Å². The number of nitrogens with two attached hydrogens (primary N) is 1. The molecule has 0 saturated heterocycles. The van der Waals surface area contributed by atoms with Gasteiger partial charge in [-0.15, -0.1) is 0 Å². The van der Waals surface area contributed by atoms with Crippen molar-refractivity contribution in [3.05, 3.63) is 68.8 Å². The van der Waals surface area contributed by atoms with Gasteiger partial charge < -0.3 is 20.2 Å². The lowest BCUT2D eigenvalue weighted by atomic mass is 10.2. The van der Waals surface area contributed by atoms with Gasteiger partial charge in [-0.1, -0.05) is 0 Å². The van der Waals surface area contributed by atoms with E-state index >= 15 is 0 Å². The van der Waals surface area contributed by atoms with E-state index in [0.29, 0.717) is 22.7 Å². The number of carbonyl (C=O) groups excluding carboxylic acids is 1. The number of nitrogens with zero attached hydrogens (tertiary/aromatic N) is 4. The van der Waals surface area contributed by atoms with Crippen LogP contribution in [0.4, 0.5) is 5.69 Å². The Balaban J connectivity index is 1.98. The third kappa shape index (κ3) is 3.39. The lowest BCUT2D eigenvalue weighted by molar-refractivity contribution is -0.384. The lowest BCUT2D eigenvalue weighted by Gasteiger charge is -2.10. The number of nitro groups is 1. The van der Waals surface area contributed by atoms with Gasteiger partial charge in [-0.05, 0) is 24.3 Å². The Morgan fingerprint density at radius 3 is 2.38 bits per heavy atom. The van der Waals surface area contributed by atoms with Gasteiger partial charge in [0.1, 0.15) is 5.52 Å². The van der Waals surface area contributed by atoms with E-state index in [0.717, 1.165) is 0 Å². The summed E-state index contributed by atoms with van der Waals surface area (Å²) in [7, 11) is 2.94. The van der Waals surface area contributed by atoms with E-state index in [4.69, 9.17) is 15.2 Å². The Morgan fingerprint density at radius 1 is 1.09 bits per heavy atom. The van der Waals surface area contributed by atoms with Gasteiger partial charge in [0, 0.05) is 23.8 Å². The normalized spacial score (nSPS) is 10.8. The SMILES string of the molecule is COc1ccc(-n2c(=O)[nH]c3c(C(N)=O)nc(-c4ccc([N+](=O)[O-])cc4)nc32)cc1OC. The minimum atomic E-state index is -0.874. The number of rotatable bonds is 6. The summed E-state index contributed by atoms with van der Waals surface area (Å²) in [6.07, 6.45) is 0. The molecule has 12 nitrogen and oxygen atoms in total. The molecule has 2 aromatic carbocycles. The molecule has 0 fully saturated rings. The van der Waals surface area contributed by atoms with Crippen LogP contribution in [0.5, 0.6) is 11.5 Å². The number of fused-ring (bicyclic) bond motifs is 1. The third-order valence-electron chi connectivity index (χ3n) is 4.73. The second-order valence-corrected chi connectivity index (χ2v) is 6.57. The van der Waals surface area contributed by atoms with Gasteiger partial charge in [0.2, 0.25) is 0 Å². The van der Waals surface area contributed by atoms with Crippen molar-refractivity contribution in [2.45, 2.75) is 0 Å². The number of hydrogen-bond donors (Lipinski definition) is 2. The number of amides is 1. The largest absolute Gasteiger partial charge is 0.493 e. The van der Waals surface area contributed by atoms with Crippen LogP contribution in [-0.2, 0) is 0 Å². The first-order valence-electron chi connectivity index (χ1n) is 9.14. The van der Waals surface area contributed by atoms with Crippen molar-refractivity contribution in [2.75, 3.05) is 14.2 Å². The van der Waals surface area contributed by atoms with E-state index in [1.807, 2.05) is 0 Å². The molecule has 0 aliphatic heterocycles. The Hall–Kier alpha value is -4.74. The molecular formula is C20H16N6O6. The van der Waals surface area contributed by atoms with Gasteiger partial charge >= 0.3 is 5.69 Å². The van der Waals surface area contributed by atoms with Crippen molar-refractivity contribution in [1.29, 1.82) is 0 Å². The number of primary amides is 1. The molecule has 4 aromatic rings. The summed E-state index contributed by atoms with van der Waals surface area (Å²) >= 11 is 0. The standard InChI is InChI=1S/C20H16N6O6/c1-31-13-8-7-12(9-14(13)32-2)25-19-16(23-20(25)28)15(17(21)27)22-18(24-19)10-3-5-11(6-4-10)26(29)30/h3-9H,1-2H3,(H2,21,27)(H,23,28). The van der Waals surface area contributed by atoms with Crippen LogP contribution in [-0.4, -0.2) is 44.6 Å². The second-order valence-electron chi connectivity index (χ2n) is 6.57. The Labute approximate surface area is 179 Å². The van der Waals surface area contributed by atoms with Gasteiger partial charge in [0.15, 0.2) is 28.7 Å². The van der Waals surface area contributed by atoms with E-state index in [2.05, 4.69) is 15.0 Å². The highest BCUT2D eigenvalue weighted by Gasteiger charge is 2.21. The van der Waals surface area contributed by atoms with Gasteiger partial charge in [-0.3, -0.25) is 14.9 Å². The maximum atomic E-state index is 12.8. The average molecular weight is 436 g/mol. The molecule has 32 heavy (non-hydrogen) atoms. The highest BCUT2D eigenvalue weighted by atomic mass is 16.6. The highest BCUT2D eigenvalue weighted by molar-refractivity contribution is 6.02. The predicted molar refractivity (Wildman–Crippen MR) is 113 cm³/mol. The monoisotopic (exact) mass is 436 g/mol. The van der Waals surface area contributed by atoms with E-state index in [1.165, 1.54) is 43.1 Å². The first kappa shape index (κ1) is 20.5. The summed E-state index contributed by atoms with van der Waals surface area (Å²) in [5.74, 6) is 0.0323. The minimum Gasteiger partial charge on any atom is -0.493 e. The number of hydrogen-bond acceptors (Lipinski definition) is 8. The highest BCUT2D eigenvalue weighted by Crippen LogP contribution is 2.30. The minimum absolute atomic E-state index is 0.0583. The van der Waals surface area contributed by atoms with Crippen LogP contribution in [0.2, 0.25) is 0 Å². The maximum absolute atomic E-state index is 12.8. The summed E-state index contributed by atoms with van der Waals surface area (Å²) in [5.41, 5.74) is 5.54. The zero-order valence-electron chi connectivity index (χ0n) is 16.9. The number of imidazole rings is 1. The molecule has 2 aromatic heterocycles. The first-order valence-corrected chi connectivity index (χ1v) is 9.14. The molecule has 0 saturated carbocycles. The number of non-ortho nitro benzene ring substituents is 1. The van der Waals surface area contributed by atoms with Gasteiger partial charge in [0.05, 0.1) is 24.8 Å². The Kier molecular flexibility index (Phi) is 5.02. The predicted octanol–water partition coefficient (Wildman–Crippen LogP) is 1.80. The van der Waals surface area contributed by atoms with Crippen LogP contribution in [0.3, 0.4) is 0 Å². The molecule has 1 amide bonds. The van der Waals surface area contributed by atoms with Crippen molar-refractivity contribution >= 4 is 22.8 Å². The quantitative estimate of drug-likeness (QED) is 0.340. The number of aromatic amines is 1. The molecule has 4 rings (SSSR count). The van der Waals surface area contributed by atoms with Gasteiger partial charge in [-0.2, -0.15) is 0 Å². The smallest absolute Gasteiger partial charge is 0.332 e. The average Bonchev–Trinajstić information content (AvgIpc) is 3.13. The number of carbonyl (C=O) groups is 1. The van der Waals surface area contributed by atoms with Crippen LogP contribution in [0, 0.1) is 10.1 Å². The van der Waals surface area contributed by atoms with Crippen molar-refractivity contribution < 1.29 is 19.2 Å². The number of aromatic nitrogens is 4. The molecule has 0 bridgehead atoms. The van der Waals surface area contributed by atoms with E-state index in [-0.39, 0.29) is 28.4 Å². The number of methoxy groups -OCH3 is 2. The fourth-order valence-electron chi connectivity index (χ4n) is 3.23. The molecule has 0 atom stereocenters. The van der Waals surface area contributed by atoms with Crippen molar-refractivity contribution in [1.82, 2.24) is 19.5 Å². The molecule has 0 radical (unpaired) electrons. The van der Waals surface area contributed by atoms with Crippen LogP contribution in [0.15, 0.2) is 47.3 Å². The van der Waals surface area contributed by atoms with Crippen LogP contribution in [0.25, 0.3) is 28.2 Å². The molecule has 0 aliphatic carbocycles. The Morgan fingerprint density at radius 2 is 1.78 bits per heavy atom. The summed E-state index contributed by atoms with van der Waals surface area (Å²) in [4.78, 5) is 46.4. The maximum Gasteiger partial charge on any atom is 0.332 e. The Bertz CT molecular complexity index is 1420. The molecule has 0 unspecified atom stereocenters. The van der Waals surface area contributed by atoms with Crippen molar-refractivity contribution in [2.24, 2.45) is 5.73 Å². The summed E-state index contributed by atoms with van der Waals surface area (Å²) < 4.78 is 11.8. The van der Waals surface area contributed by atoms with Crippen molar-refractivity contribution in [3.63, 3.8) is 0 Å². The number of H-pyrrole nitrogens is 1. The summed E-state index contributed by atoms with van der Waals surface area (Å²) in [6.45, 7) is 0. The van der Waals surface area contributed by atoms with Gasteiger partial charge in [0.25, 0.3) is 11.6 Å². The third-order valence-corrected chi connectivity index (χ3v) is 4.73. The fraction of sp³-hybridized carbons (Fsp3) is 0.100. The molecule has 12 heteroatoms. The van der Waals surface area contributed by atoms with Gasteiger partial charge in [-0.25, -0.2) is 19.3 Å². The summed E-state index contributed by atoms with van der Waals surface area (Å²) in [5, 5.41) is 10.9. The molecule has 2 heterocycles. The van der Waals surface area contributed by atoms with Crippen LogP contribution >= 0.6 is 0 Å². The number of nitro benzene ring substituents is 1. The lowest BCUT2D eigenvalue weighted by Crippen LogP contribution is -2.15. The van der Waals surface area contributed by atoms with E-state index in [1.54, 1.807) is 18.2 Å². The number of nitrogens with one attached hydrogen (secondary N) is 1. The zero-order valence-corrected chi connectivity index (χ0v) is 16.9. The molecule has 0 aliphatic rings. The fourth-order valence-corrected chi connectivity index (χ4v) is 3.23. The zero-order chi connectivity index (χ0) is 23.0. The molecule has 3 N–H and O–H groups in total. The molecular weight excluding hydrogens is 420 g/mol. The number of ether oxygens (including phenoxy) is 2. The second kappa shape index (κ2) is 7.83. The van der Waals surface area contributed by atoms with Crippen molar-refractivity contribution in [3.8, 4) is 28.6 Å². The first-order chi connectivity index (χ1) is 15.3. The van der Waals surface area contributed by atoms with E-state index in [9.17, 15) is 19.7 Å². The van der Waals surface area contributed by atoms with Crippen LogP contribution < -0.4 is 20.9 Å². The topological polar surface area (TPSA) is 168 Å². The number of benzene rings is 2. The molecule has 162 valence electrons. The molecule has 0 spiro atoms. The van der Waals surface area contributed by atoms with E-state index < -0.39 is 16.5 Å².